The molecule has 0 N–H and O–H groups in total. The first-order valence-corrected chi connectivity index (χ1v) is 5.70. The Morgan fingerprint density at radius 3 is 2.89 bits per heavy atom. The topological polar surface area (TPSA) is 43.7 Å². The van der Waals surface area contributed by atoms with Crippen molar-refractivity contribution in [2.75, 3.05) is 20.3 Å². The van der Waals surface area contributed by atoms with Gasteiger partial charge in [0.15, 0.2) is 0 Å². The van der Waals surface area contributed by atoms with Gasteiger partial charge in [0.25, 0.3) is 0 Å². The van der Waals surface area contributed by atoms with Gasteiger partial charge < -0.3 is 9.47 Å². The van der Waals surface area contributed by atoms with Gasteiger partial charge in [0, 0.05) is 25.1 Å². The van der Waals surface area contributed by atoms with Crippen LogP contribution in [0.3, 0.4) is 0 Å². The average molecular weight is 246 g/mol. The van der Waals surface area contributed by atoms with Crippen molar-refractivity contribution in [3.05, 3.63) is 48.6 Å². The molecule has 0 unspecified atom stereocenters. The molecule has 0 aromatic carbocycles. The summed E-state index contributed by atoms with van der Waals surface area (Å²) < 4.78 is 10.1. The molecule has 0 amide bonds. The number of allylic oxidation sites excluding steroid dienone is 2. The smallest absolute Gasteiger partial charge is 0.205 e. The molecular formula is C14H18N2O2. The van der Waals surface area contributed by atoms with Crippen molar-refractivity contribution in [1.29, 1.82) is 0 Å². The zero-order valence-electron chi connectivity index (χ0n) is 10.8. The number of aromatic nitrogens is 1. The molecule has 1 aromatic rings. The molecule has 1 rings (SSSR count). The van der Waals surface area contributed by atoms with Crippen LogP contribution in [0.25, 0.3) is 5.57 Å². The first-order valence-electron chi connectivity index (χ1n) is 5.70. The average Bonchev–Trinajstić information content (AvgIpc) is 2.41. The number of hydrogen-bond acceptors (Lipinski definition) is 4. The van der Waals surface area contributed by atoms with Crippen molar-refractivity contribution >= 4 is 11.8 Å². The van der Waals surface area contributed by atoms with Crippen LogP contribution in [-0.2, 0) is 9.47 Å². The molecule has 0 aliphatic carbocycles. The Morgan fingerprint density at radius 2 is 2.28 bits per heavy atom. The summed E-state index contributed by atoms with van der Waals surface area (Å²) in [5.41, 5.74) is 1.79. The molecule has 4 nitrogen and oxygen atoms in total. The number of nitrogens with zero attached hydrogens (tertiary/aromatic N) is 2. The van der Waals surface area contributed by atoms with E-state index in [-0.39, 0.29) is 0 Å². The lowest BCUT2D eigenvalue weighted by Gasteiger charge is -2.04. The molecular weight excluding hydrogens is 228 g/mol. The highest BCUT2D eigenvalue weighted by Gasteiger charge is 1.98. The first-order chi connectivity index (χ1) is 8.77. The minimum Gasteiger partial charge on any atom is -0.476 e. The van der Waals surface area contributed by atoms with E-state index in [9.17, 15) is 0 Å². The lowest BCUT2D eigenvalue weighted by atomic mass is 10.2. The number of ether oxygens (including phenoxy) is 2. The highest BCUT2D eigenvalue weighted by Crippen LogP contribution is 2.09. The van der Waals surface area contributed by atoms with Crippen LogP contribution in [0.2, 0.25) is 0 Å². The number of rotatable bonds is 7. The molecule has 0 atom stereocenters. The van der Waals surface area contributed by atoms with Crippen molar-refractivity contribution < 1.29 is 9.47 Å². The van der Waals surface area contributed by atoms with E-state index in [1.54, 1.807) is 19.5 Å². The van der Waals surface area contributed by atoms with Gasteiger partial charge in [-0.25, -0.2) is 4.99 Å². The fraction of sp³-hybridized carbons (Fsp3) is 0.286. The van der Waals surface area contributed by atoms with Crippen molar-refractivity contribution in [2.24, 2.45) is 4.99 Å². The minimum absolute atomic E-state index is 0.363. The maximum atomic E-state index is 5.25. The molecule has 0 saturated carbocycles. The van der Waals surface area contributed by atoms with Crippen LogP contribution in [-0.4, -0.2) is 31.5 Å². The first kappa shape index (κ1) is 14.1. The number of hydrogen-bond donors (Lipinski definition) is 0. The van der Waals surface area contributed by atoms with E-state index in [0.29, 0.717) is 19.1 Å². The summed E-state index contributed by atoms with van der Waals surface area (Å²) in [7, 11) is 1.62. The fourth-order valence-electron chi connectivity index (χ4n) is 1.24. The Balaban J connectivity index is 2.57. The van der Waals surface area contributed by atoms with Gasteiger partial charge in [0.1, 0.15) is 6.61 Å². The molecule has 18 heavy (non-hydrogen) atoms. The van der Waals surface area contributed by atoms with Gasteiger partial charge in [-0.15, -0.1) is 0 Å². The van der Waals surface area contributed by atoms with Crippen LogP contribution < -0.4 is 0 Å². The Hall–Kier alpha value is -1.94. The zero-order chi connectivity index (χ0) is 13.2. The number of methoxy groups -OCH3 is 1. The van der Waals surface area contributed by atoms with Crippen molar-refractivity contribution in [2.45, 2.75) is 6.92 Å². The van der Waals surface area contributed by atoms with Crippen LogP contribution in [0.1, 0.15) is 12.6 Å². The summed E-state index contributed by atoms with van der Waals surface area (Å²) in [4.78, 5) is 8.39. The molecule has 1 heterocycles. The van der Waals surface area contributed by atoms with E-state index in [4.69, 9.17) is 9.47 Å². The monoisotopic (exact) mass is 246 g/mol. The van der Waals surface area contributed by atoms with Gasteiger partial charge in [-0.2, -0.15) is 0 Å². The summed E-state index contributed by atoms with van der Waals surface area (Å²) in [6, 6.07) is 5.74. The van der Waals surface area contributed by atoms with Gasteiger partial charge in [-0.1, -0.05) is 12.1 Å². The third kappa shape index (κ3) is 4.93. The summed E-state index contributed by atoms with van der Waals surface area (Å²) in [6.07, 6.45) is 5.38. The van der Waals surface area contributed by atoms with Crippen LogP contribution in [0.4, 0.5) is 0 Å². The van der Waals surface area contributed by atoms with E-state index in [0.717, 1.165) is 11.3 Å². The quantitative estimate of drug-likeness (QED) is 0.422. The Kier molecular flexibility index (Phi) is 6.43. The Bertz CT molecular complexity index is 425. The second-order valence-electron chi connectivity index (χ2n) is 3.45. The summed E-state index contributed by atoms with van der Waals surface area (Å²) in [5.74, 6) is 0.363. The highest BCUT2D eigenvalue weighted by atomic mass is 16.5. The van der Waals surface area contributed by atoms with Gasteiger partial charge in [0.05, 0.1) is 12.3 Å². The Labute approximate surface area is 108 Å². The molecule has 96 valence electrons. The maximum absolute atomic E-state index is 5.25. The van der Waals surface area contributed by atoms with Crippen LogP contribution >= 0.6 is 0 Å². The molecule has 4 heteroatoms. The summed E-state index contributed by atoms with van der Waals surface area (Å²) >= 11 is 0. The van der Waals surface area contributed by atoms with E-state index in [1.165, 1.54) is 0 Å². The normalized spacial score (nSPS) is 11.8. The number of pyridine rings is 1. The van der Waals surface area contributed by atoms with E-state index in [2.05, 4.69) is 16.6 Å². The van der Waals surface area contributed by atoms with Crippen LogP contribution in [0.5, 0.6) is 0 Å². The van der Waals surface area contributed by atoms with Gasteiger partial charge in [-0.3, -0.25) is 4.98 Å². The van der Waals surface area contributed by atoms with Crippen molar-refractivity contribution in [3.8, 4) is 0 Å². The summed E-state index contributed by atoms with van der Waals surface area (Å²) in [5, 5.41) is 0. The molecule has 0 radical (unpaired) electrons. The Morgan fingerprint density at radius 1 is 1.44 bits per heavy atom. The largest absolute Gasteiger partial charge is 0.476 e. The molecule has 0 aliphatic heterocycles. The van der Waals surface area contributed by atoms with Gasteiger partial charge in [-0.05, 0) is 25.6 Å². The lowest BCUT2D eigenvalue weighted by molar-refractivity contribution is 0.110. The number of aliphatic imine (C=N–C) groups is 1. The van der Waals surface area contributed by atoms with Gasteiger partial charge >= 0.3 is 0 Å². The molecule has 0 spiro atoms. The SMILES string of the molecule is C=C(/N=C\C(=C/C)c1ccccn1)OCCOC. The van der Waals surface area contributed by atoms with Crippen LogP contribution in [0, 0.1) is 0 Å². The predicted molar refractivity (Wildman–Crippen MR) is 73.3 cm³/mol. The maximum Gasteiger partial charge on any atom is 0.205 e. The molecule has 0 saturated heterocycles. The van der Waals surface area contributed by atoms with E-state index in [1.807, 2.05) is 31.2 Å². The summed E-state index contributed by atoms with van der Waals surface area (Å²) in [6.45, 7) is 6.60. The van der Waals surface area contributed by atoms with E-state index < -0.39 is 0 Å². The minimum atomic E-state index is 0.363. The predicted octanol–water partition coefficient (Wildman–Crippen LogP) is 2.69. The fourth-order valence-corrected chi connectivity index (χ4v) is 1.24. The van der Waals surface area contributed by atoms with Crippen molar-refractivity contribution in [1.82, 2.24) is 4.98 Å². The van der Waals surface area contributed by atoms with Crippen LogP contribution in [0.15, 0.2) is 47.9 Å². The lowest BCUT2D eigenvalue weighted by Crippen LogP contribution is -2.00. The molecule has 0 aliphatic rings. The molecule has 0 fully saturated rings. The zero-order valence-corrected chi connectivity index (χ0v) is 10.8. The van der Waals surface area contributed by atoms with Gasteiger partial charge in [0.2, 0.25) is 5.88 Å². The van der Waals surface area contributed by atoms with E-state index >= 15 is 0 Å². The third-order valence-corrected chi connectivity index (χ3v) is 2.18. The second-order valence-corrected chi connectivity index (χ2v) is 3.45. The standard InChI is InChI=1S/C14H18N2O2/c1-4-13(14-7-5-6-8-15-14)11-16-12(2)18-10-9-17-3/h4-8,11H,2,9-10H2,1,3H3/b13-4+,16-11-. The van der Waals surface area contributed by atoms with Crippen molar-refractivity contribution in [3.63, 3.8) is 0 Å². The molecule has 0 bridgehead atoms. The highest BCUT2D eigenvalue weighted by molar-refractivity contribution is 6.09. The molecule has 1 aromatic heterocycles. The third-order valence-electron chi connectivity index (χ3n) is 2.18. The second kappa shape index (κ2) is 8.20.